The van der Waals surface area contributed by atoms with Crippen LogP contribution in [0.2, 0.25) is 0 Å². The summed E-state index contributed by atoms with van der Waals surface area (Å²) in [5, 5.41) is 25.4. The Morgan fingerprint density at radius 3 is 0.680 bits per heavy atom. The summed E-state index contributed by atoms with van der Waals surface area (Å²) in [5.41, 5.74) is 30.6. The average molecular weight is 449 g/mol. The Morgan fingerprint density at radius 2 is 0.680 bits per heavy atom. The minimum absolute atomic E-state index is 0. The van der Waals surface area contributed by atoms with Crippen molar-refractivity contribution in [1.29, 1.82) is 15.8 Å². The Balaban J connectivity index is -0.0000000314. The average Bonchev–Trinajstić information content (AvgIpc) is 2.50. The molecule has 0 aromatic heterocycles. The molecule has 0 spiro atoms. The quantitative estimate of drug-likeness (QED) is 0.202. The number of nitrogens with zero attached hydrogens (tertiary/aromatic N) is 3. The SMILES string of the molecule is CC(N)CN.CC(N)CN.CC(N)CN.N#C[S-].N#C[S-].N#C[S-].[Cr+3]. The summed E-state index contributed by atoms with van der Waals surface area (Å²) >= 11 is 11.1. The van der Waals surface area contributed by atoms with Gasteiger partial charge in [-0.05, 0) is 20.8 Å². The van der Waals surface area contributed by atoms with Crippen LogP contribution in [0.4, 0.5) is 0 Å². The van der Waals surface area contributed by atoms with Crippen molar-refractivity contribution in [3.63, 3.8) is 0 Å². The molecule has 0 heterocycles. The van der Waals surface area contributed by atoms with E-state index in [2.05, 4.69) is 37.9 Å². The second kappa shape index (κ2) is 56.6. The molecule has 0 saturated heterocycles. The van der Waals surface area contributed by atoms with Gasteiger partial charge in [-0.25, -0.2) is 15.8 Å². The molecule has 0 bridgehead atoms. The summed E-state index contributed by atoms with van der Waals surface area (Å²) < 4.78 is 0. The van der Waals surface area contributed by atoms with Crippen molar-refractivity contribution < 1.29 is 17.4 Å². The second-order valence-electron chi connectivity index (χ2n) is 3.91. The molecule has 13 heteroatoms. The Hall–Kier alpha value is -0.578. The number of hydrogen-bond acceptors (Lipinski definition) is 12. The van der Waals surface area contributed by atoms with Crippen LogP contribution in [0.25, 0.3) is 0 Å². The van der Waals surface area contributed by atoms with Gasteiger partial charge >= 0.3 is 17.4 Å². The van der Waals surface area contributed by atoms with Gasteiger partial charge in [-0.1, -0.05) is 16.2 Å². The number of nitriles is 3. The maximum atomic E-state index is 7.13. The van der Waals surface area contributed by atoms with E-state index in [-0.39, 0.29) is 35.5 Å². The standard InChI is InChI=1S/3C3H10N2.3CHNS.Cr/c3*1-3(5)2-4;3*2-1-3;/h3*3H,2,4-5H2,1H3;3*3H;/q;;;;;;+3/p-3. The van der Waals surface area contributed by atoms with Gasteiger partial charge in [0.1, 0.15) is 0 Å². The van der Waals surface area contributed by atoms with Crippen molar-refractivity contribution >= 4 is 37.9 Å². The molecule has 0 aromatic carbocycles. The Bertz CT molecular complexity index is 252. The summed E-state index contributed by atoms with van der Waals surface area (Å²) in [6, 6.07) is 0.486. The van der Waals surface area contributed by atoms with Gasteiger partial charge in [-0.3, -0.25) is 0 Å². The molecule has 3 unspecified atom stereocenters. The summed E-state index contributed by atoms with van der Waals surface area (Å²) in [6.45, 7) is 7.38. The van der Waals surface area contributed by atoms with Gasteiger partial charge in [-0.15, -0.1) is 0 Å². The number of thiocyanates is 3. The molecule has 0 aromatic rings. The smallest absolute Gasteiger partial charge is 0.696 e. The number of rotatable bonds is 3. The third-order valence-electron chi connectivity index (χ3n) is 1.12. The zero-order valence-corrected chi connectivity index (χ0v) is 18.5. The number of hydrogen-bond donors (Lipinski definition) is 6. The van der Waals surface area contributed by atoms with E-state index in [9.17, 15) is 0 Å². The summed E-state index contributed by atoms with van der Waals surface area (Å²) in [6.07, 6.45) is 0. The van der Waals surface area contributed by atoms with E-state index in [4.69, 9.17) is 50.2 Å². The van der Waals surface area contributed by atoms with E-state index < -0.39 is 0 Å². The van der Waals surface area contributed by atoms with Crippen LogP contribution in [0.5, 0.6) is 0 Å². The van der Waals surface area contributed by atoms with Crippen LogP contribution in [0, 0.1) is 32.0 Å². The topological polar surface area (TPSA) is 227 Å². The third-order valence-corrected chi connectivity index (χ3v) is 1.12. The zero-order chi connectivity index (χ0) is 21.0. The van der Waals surface area contributed by atoms with Gasteiger partial charge in [0.15, 0.2) is 0 Å². The van der Waals surface area contributed by atoms with Crippen LogP contribution in [0.3, 0.4) is 0 Å². The van der Waals surface area contributed by atoms with E-state index in [0.717, 1.165) is 0 Å². The van der Waals surface area contributed by atoms with Crippen molar-refractivity contribution in [3.05, 3.63) is 0 Å². The van der Waals surface area contributed by atoms with Crippen molar-refractivity contribution in [2.75, 3.05) is 19.6 Å². The first-order valence-corrected chi connectivity index (χ1v) is 7.69. The first-order valence-electron chi connectivity index (χ1n) is 6.46. The largest absolute Gasteiger partial charge is 3.00 e. The van der Waals surface area contributed by atoms with Gasteiger partial charge in [-0.2, -0.15) is 0 Å². The molecule has 1 radical (unpaired) electrons. The fourth-order valence-corrected chi connectivity index (χ4v) is 0. The van der Waals surface area contributed by atoms with Crippen molar-refractivity contribution in [2.24, 2.45) is 34.4 Å². The van der Waals surface area contributed by atoms with Gasteiger partial charge < -0.3 is 72.3 Å². The van der Waals surface area contributed by atoms with Crippen LogP contribution in [0.15, 0.2) is 0 Å². The minimum atomic E-state index is 0. The zero-order valence-electron chi connectivity index (χ0n) is 14.8. The van der Waals surface area contributed by atoms with Gasteiger partial charge in [0.25, 0.3) is 0 Å². The Kier molecular flexibility index (Phi) is 100.0. The van der Waals surface area contributed by atoms with Crippen LogP contribution in [0.1, 0.15) is 20.8 Å². The third kappa shape index (κ3) is 366. The summed E-state index contributed by atoms with van der Waals surface area (Å²) in [4.78, 5) is 0. The molecule has 0 rings (SSSR count). The molecular weight excluding hydrogens is 418 g/mol. The fourth-order valence-electron chi connectivity index (χ4n) is 0. The molecule has 0 saturated carbocycles. The predicted octanol–water partition coefficient (Wildman–Crippen LogP) is -2.08. The van der Waals surface area contributed by atoms with Gasteiger partial charge in [0.05, 0.1) is 0 Å². The minimum Gasteiger partial charge on any atom is -0.696 e. The first-order chi connectivity index (χ1) is 11.1. The Morgan fingerprint density at radius 1 is 0.640 bits per heavy atom. The molecule has 9 nitrogen and oxygen atoms in total. The molecule has 0 aliphatic heterocycles. The second-order valence-corrected chi connectivity index (χ2v) is 4.46. The van der Waals surface area contributed by atoms with E-state index in [0.29, 0.717) is 19.6 Å². The van der Waals surface area contributed by atoms with E-state index in [1.165, 1.54) is 16.2 Å². The van der Waals surface area contributed by atoms with Crippen LogP contribution >= 0.6 is 0 Å². The molecule has 147 valence electrons. The molecule has 0 aliphatic carbocycles. The monoisotopic (exact) mass is 448 g/mol. The maximum Gasteiger partial charge on any atom is 3.00 e. The first kappa shape index (κ1) is 44.1. The van der Waals surface area contributed by atoms with Crippen LogP contribution < -0.4 is 34.4 Å². The van der Waals surface area contributed by atoms with Crippen LogP contribution in [-0.4, -0.2) is 37.8 Å². The van der Waals surface area contributed by atoms with E-state index in [1.807, 2.05) is 20.8 Å². The Labute approximate surface area is 179 Å². The number of nitrogens with two attached hydrogens (primary N) is 6. The molecule has 0 amide bonds. The molecular formula is C12H30CrN9S3. The molecule has 0 fully saturated rings. The van der Waals surface area contributed by atoms with Crippen molar-refractivity contribution in [2.45, 2.75) is 38.9 Å². The van der Waals surface area contributed by atoms with Crippen molar-refractivity contribution in [1.82, 2.24) is 0 Å². The van der Waals surface area contributed by atoms with Crippen LogP contribution in [-0.2, 0) is 55.2 Å². The molecule has 0 aliphatic rings. The normalized spacial score (nSPS) is 9.84. The summed E-state index contributed by atoms with van der Waals surface area (Å²) in [5.74, 6) is 0. The van der Waals surface area contributed by atoms with E-state index in [1.54, 1.807) is 0 Å². The molecule has 3 atom stereocenters. The summed E-state index contributed by atoms with van der Waals surface area (Å²) in [7, 11) is 0. The fraction of sp³-hybridized carbons (Fsp3) is 0.750. The van der Waals surface area contributed by atoms with Gasteiger partial charge in [0, 0.05) is 37.8 Å². The molecule has 12 N–H and O–H groups in total. The maximum absolute atomic E-state index is 7.13. The predicted molar refractivity (Wildman–Crippen MR) is 107 cm³/mol. The molecule has 25 heavy (non-hydrogen) atoms. The van der Waals surface area contributed by atoms with E-state index >= 15 is 0 Å². The van der Waals surface area contributed by atoms with Gasteiger partial charge in [0.2, 0.25) is 0 Å². The van der Waals surface area contributed by atoms with Crippen molar-refractivity contribution in [3.8, 4) is 16.2 Å².